The topological polar surface area (TPSA) is 78.4 Å². The smallest absolute Gasteiger partial charge is 0.306 e. The maximum Gasteiger partial charge on any atom is 0.306 e. The lowest BCUT2D eigenvalue weighted by atomic mass is 9.96. The molecular weight excluding hydrogens is 288 g/mol. The van der Waals surface area contributed by atoms with Gasteiger partial charge in [0, 0.05) is 4.88 Å². The van der Waals surface area contributed by atoms with Crippen LogP contribution < -0.4 is 10.6 Å². The van der Waals surface area contributed by atoms with Crippen LogP contribution in [-0.4, -0.2) is 30.1 Å². The van der Waals surface area contributed by atoms with E-state index in [0.717, 1.165) is 24.1 Å². The highest BCUT2D eigenvalue weighted by Gasteiger charge is 2.32. The molecule has 1 aromatic rings. The lowest BCUT2D eigenvalue weighted by Gasteiger charge is -2.17. The first-order chi connectivity index (χ1) is 10.1. The molecule has 1 saturated carbocycles. The van der Waals surface area contributed by atoms with Gasteiger partial charge >= 0.3 is 5.97 Å². The molecule has 0 saturated heterocycles. The summed E-state index contributed by atoms with van der Waals surface area (Å²) in [5.41, 5.74) is 0. The van der Waals surface area contributed by atoms with E-state index < -0.39 is 5.97 Å². The largest absolute Gasteiger partial charge is 0.481 e. The SMILES string of the molecule is CC(NC(=O)CNCC1CCCC1C(=O)O)c1cccs1. The Morgan fingerprint density at radius 2 is 2.29 bits per heavy atom. The van der Waals surface area contributed by atoms with Crippen LogP contribution in [0.1, 0.15) is 37.1 Å². The molecule has 3 N–H and O–H groups in total. The zero-order valence-corrected chi connectivity index (χ0v) is 13.0. The van der Waals surface area contributed by atoms with E-state index in [-0.39, 0.29) is 30.3 Å². The number of carboxylic acids is 1. The molecule has 6 heteroatoms. The summed E-state index contributed by atoms with van der Waals surface area (Å²) < 4.78 is 0. The fourth-order valence-corrected chi connectivity index (χ4v) is 3.61. The molecule has 0 radical (unpaired) electrons. The van der Waals surface area contributed by atoms with E-state index in [1.165, 1.54) is 0 Å². The van der Waals surface area contributed by atoms with Crippen molar-refractivity contribution in [3.8, 4) is 0 Å². The number of nitrogens with one attached hydrogen (secondary N) is 2. The molecule has 3 unspecified atom stereocenters. The van der Waals surface area contributed by atoms with Crippen molar-refractivity contribution in [1.29, 1.82) is 0 Å². The maximum absolute atomic E-state index is 11.9. The van der Waals surface area contributed by atoms with E-state index in [4.69, 9.17) is 5.11 Å². The Morgan fingerprint density at radius 1 is 1.48 bits per heavy atom. The molecule has 1 aromatic heterocycles. The minimum Gasteiger partial charge on any atom is -0.481 e. The number of hydrogen-bond acceptors (Lipinski definition) is 4. The Labute approximate surface area is 128 Å². The summed E-state index contributed by atoms with van der Waals surface area (Å²) in [6.45, 7) is 2.79. The summed E-state index contributed by atoms with van der Waals surface area (Å²) in [6.07, 6.45) is 2.64. The number of carbonyl (C=O) groups excluding carboxylic acids is 1. The van der Waals surface area contributed by atoms with E-state index in [0.29, 0.717) is 6.54 Å². The van der Waals surface area contributed by atoms with Crippen LogP contribution in [0.2, 0.25) is 0 Å². The Kier molecular flexibility index (Phi) is 5.76. The zero-order chi connectivity index (χ0) is 15.2. The van der Waals surface area contributed by atoms with Gasteiger partial charge in [0.05, 0.1) is 18.5 Å². The molecule has 1 aliphatic rings. The molecule has 1 heterocycles. The van der Waals surface area contributed by atoms with Crippen LogP contribution in [0, 0.1) is 11.8 Å². The summed E-state index contributed by atoms with van der Waals surface area (Å²) in [5, 5.41) is 17.1. The van der Waals surface area contributed by atoms with Gasteiger partial charge in [-0.2, -0.15) is 0 Å². The monoisotopic (exact) mass is 310 g/mol. The molecule has 0 spiro atoms. The molecule has 2 rings (SSSR count). The predicted octanol–water partition coefficient (Wildman–Crippen LogP) is 2.02. The second-order valence-electron chi connectivity index (χ2n) is 5.57. The van der Waals surface area contributed by atoms with E-state index in [2.05, 4.69) is 10.6 Å². The quantitative estimate of drug-likeness (QED) is 0.720. The summed E-state index contributed by atoms with van der Waals surface area (Å²) in [4.78, 5) is 24.1. The first kappa shape index (κ1) is 16.0. The number of carboxylic acid groups (broad SMARTS) is 1. The van der Waals surface area contributed by atoms with E-state index in [1.54, 1.807) is 11.3 Å². The van der Waals surface area contributed by atoms with Gasteiger partial charge in [-0.25, -0.2) is 0 Å². The van der Waals surface area contributed by atoms with Crippen LogP contribution in [0.25, 0.3) is 0 Å². The lowest BCUT2D eigenvalue weighted by Crippen LogP contribution is -2.38. The van der Waals surface area contributed by atoms with Crippen LogP contribution >= 0.6 is 11.3 Å². The minimum atomic E-state index is -0.713. The summed E-state index contributed by atoms with van der Waals surface area (Å²) in [7, 11) is 0. The standard InChI is InChI=1S/C15H22N2O3S/c1-10(13-6-3-7-21-13)17-14(18)9-16-8-11-4-2-5-12(11)15(19)20/h3,6-7,10-12,16H,2,4-5,8-9H2,1H3,(H,17,18)(H,19,20). The van der Waals surface area contributed by atoms with Gasteiger partial charge in [0.1, 0.15) is 0 Å². The molecule has 0 aromatic carbocycles. The van der Waals surface area contributed by atoms with Crippen molar-refractivity contribution < 1.29 is 14.7 Å². The molecule has 1 amide bonds. The average Bonchev–Trinajstić information content (AvgIpc) is 3.09. The van der Waals surface area contributed by atoms with Crippen molar-refractivity contribution in [2.45, 2.75) is 32.2 Å². The lowest BCUT2D eigenvalue weighted by molar-refractivity contribution is -0.142. The van der Waals surface area contributed by atoms with Gasteiger partial charge in [-0.15, -0.1) is 11.3 Å². The predicted molar refractivity (Wildman–Crippen MR) is 82.2 cm³/mol. The summed E-state index contributed by atoms with van der Waals surface area (Å²) >= 11 is 1.62. The number of carbonyl (C=O) groups is 2. The van der Waals surface area contributed by atoms with Crippen LogP contribution in [0.4, 0.5) is 0 Å². The Morgan fingerprint density at radius 3 is 2.95 bits per heavy atom. The minimum absolute atomic E-state index is 0.0116. The van der Waals surface area contributed by atoms with Crippen LogP contribution in [-0.2, 0) is 9.59 Å². The molecule has 0 aliphatic heterocycles. The Balaban J connectivity index is 1.68. The second kappa shape index (κ2) is 7.56. The zero-order valence-electron chi connectivity index (χ0n) is 12.2. The molecule has 116 valence electrons. The van der Waals surface area contributed by atoms with Gasteiger partial charge in [-0.05, 0) is 43.7 Å². The first-order valence-electron chi connectivity index (χ1n) is 7.34. The van der Waals surface area contributed by atoms with Gasteiger partial charge in [-0.1, -0.05) is 12.5 Å². The van der Waals surface area contributed by atoms with Gasteiger partial charge in [0.25, 0.3) is 0 Å². The molecule has 3 atom stereocenters. The molecule has 5 nitrogen and oxygen atoms in total. The number of rotatable bonds is 7. The summed E-state index contributed by atoms with van der Waals surface area (Å²) in [5.74, 6) is -0.883. The number of hydrogen-bond donors (Lipinski definition) is 3. The van der Waals surface area contributed by atoms with Crippen molar-refractivity contribution in [2.24, 2.45) is 11.8 Å². The molecule has 21 heavy (non-hydrogen) atoms. The van der Waals surface area contributed by atoms with Crippen LogP contribution in [0.3, 0.4) is 0 Å². The normalized spacial score (nSPS) is 22.9. The third-order valence-corrected chi connectivity index (χ3v) is 5.07. The highest BCUT2D eigenvalue weighted by atomic mass is 32.1. The number of aliphatic carboxylic acids is 1. The highest BCUT2D eigenvalue weighted by molar-refractivity contribution is 7.10. The fraction of sp³-hybridized carbons (Fsp3) is 0.600. The Bertz CT molecular complexity index is 475. The molecule has 0 bridgehead atoms. The average molecular weight is 310 g/mol. The third-order valence-electron chi connectivity index (χ3n) is 4.02. The number of thiophene rings is 1. The van der Waals surface area contributed by atoms with Crippen molar-refractivity contribution in [3.63, 3.8) is 0 Å². The third kappa shape index (κ3) is 4.54. The van der Waals surface area contributed by atoms with E-state index in [1.807, 2.05) is 24.4 Å². The number of amides is 1. The van der Waals surface area contributed by atoms with Crippen molar-refractivity contribution in [3.05, 3.63) is 22.4 Å². The van der Waals surface area contributed by atoms with Crippen LogP contribution in [0.5, 0.6) is 0 Å². The molecule has 1 aliphatic carbocycles. The van der Waals surface area contributed by atoms with E-state index in [9.17, 15) is 9.59 Å². The second-order valence-corrected chi connectivity index (χ2v) is 6.55. The highest BCUT2D eigenvalue weighted by Crippen LogP contribution is 2.31. The van der Waals surface area contributed by atoms with Gasteiger partial charge in [-0.3, -0.25) is 9.59 Å². The summed E-state index contributed by atoms with van der Waals surface area (Å²) in [6, 6.07) is 3.98. The molecular formula is C15H22N2O3S. The first-order valence-corrected chi connectivity index (χ1v) is 8.22. The van der Waals surface area contributed by atoms with Gasteiger partial charge < -0.3 is 15.7 Å². The van der Waals surface area contributed by atoms with Crippen molar-refractivity contribution >= 4 is 23.2 Å². The van der Waals surface area contributed by atoms with Crippen LogP contribution in [0.15, 0.2) is 17.5 Å². The van der Waals surface area contributed by atoms with E-state index >= 15 is 0 Å². The van der Waals surface area contributed by atoms with Gasteiger partial charge in [0.15, 0.2) is 0 Å². The Hall–Kier alpha value is -1.40. The molecule has 1 fully saturated rings. The maximum atomic E-state index is 11.9. The fourth-order valence-electron chi connectivity index (χ4n) is 2.88. The van der Waals surface area contributed by atoms with Crippen molar-refractivity contribution in [1.82, 2.24) is 10.6 Å². The van der Waals surface area contributed by atoms with Crippen molar-refractivity contribution in [2.75, 3.05) is 13.1 Å². The van der Waals surface area contributed by atoms with Gasteiger partial charge in [0.2, 0.25) is 5.91 Å².